The number of benzene rings is 2. The average Bonchev–Trinajstić information content (AvgIpc) is 2.92. The molecule has 0 aromatic heterocycles. The number of ether oxygens (including phenoxy) is 2. The summed E-state index contributed by atoms with van der Waals surface area (Å²) in [5.41, 5.74) is 2.00. The van der Waals surface area contributed by atoms with E-state index in [-0.39, 0.29) is 29.7 Å². The molecule has 0 aliphatic carbocycles. The fourth-order valence-corrected chi connectivity index (χ4v) is 3.89. The van der Waals surface area contributed by atoms with E-state index in [0.717, 1.165) is 29.0 Å². The van der Waals surface area contributed by atoms with Gasteiger partial charge in [0.2, 0.25) is 5.91 Å². The van der Waals surface area contributed by atoms with Crippen molar-refractivity contribution in [3.8, 4) is 11.5 Å². The third-order valence-electron chi connectivity index (χ3n) is 5.27. The fourth-order valence-electron chi connectivity index (χ4n) is 3.76. The Balaban J connectivity index is 1.85. The van der Waals surface area contributed by atoms with Crippen LogP contribution in [-0.2, 0) is 4.79 Å². The molecule has 0 bridgehead atoms. The van der Waals surface area contributed by atoms with Crippen LogP contribution in [0.4, 0.5) is 0 Å². The van der Waals surface area contributed by atoms with E-state index >= 15 is 0 Å². The van der Waals surface area contributed by atoms with E-state index in [2.05, 4.69) is 33.0 Å². The molecule has 0 fully saturated rings. The lowest BCUT2D eigenvalue weighted by Crippen LogP contribution is -2.37. The molecule has 1 N–H and O–H groups in total. The zero-order chi connectivity index (χ0) is 21.0. The Bertz CT molecular complexity index is 833. The summed E-state index contributed by atoms with van der Waals surface area (Å²) in [6.45, 7) is 9.66. The molecular formula is C24H30ClNO3. The predicted octanol–water partition coefficient (Wildman–Crippen LogP) is 5.75. The summed E-state index contributed by atoms with van der Waals surface area (Å²) in [5.74, 6) is 1.68. The molecule has 0 unspecified atom stereocenters. The summed E-state index contributed by atoms with van der Waals surface area (Å²) in [6, 6.07) is 13.4. The van der Waals surface area contributed by atoms with Crippen LogP contribution in [0.25, 0.3) is 0 Å². The third-order valence-corrected chi connectivity index (χ3v) is 5.53. The zero-order valence-electron chi connectivity index (χ0n) is 17.6. The fraction of sp³-hybridized carbons (Fsp3) is 0.458. The van der Waals surface area contributed by atoms with E-state index in [1.807, 2.05) is 42.5 Å². The minimum Gasteiger partial charge on any atom is -0.490 e. The molecule has 1 amide bonds. The lowest BCUT2D eigenvalue weighted by atomic mass is 9.86. The number of halogens is 1. The lowest BCUT2D eigenvalue weighted by Gasteiger charge is -2.28. The van der Waals surface area contributed by atoms with Crippen LogP contribution in [0.3, 0.4) is 0 Å². The molecule has 0 radical (unpaired) electrons. The molecule has 0 saturated heterocycles. The van der Waals surface area contributed by atoms with Crippen molar-refractivity contribution in [2.24, 2.45) is 11.8 Å². The molecule has 0 spiro atoms. The number of hydrogen-bond acceptors (Lipinski definition) is 3. The van der Waals surface area contributed by atoms with Gasteiger partial charge < -0.3 is 14.8 Å². The molecule has 1 heterocycles. The number of carbonyl (C=O) groups excluding carboxylic acids is 1. The highest BCUT2D eigenvalue weighted by atomic mass is 35.5. The van der Waals surface area contributed by atoms with Gasteiger partial charge in [0.15, 0.2) is 11.5 Å². The number of carbonyl (C=O) groups is 1. The highest BCUT2D eigenvalue weighted by Crippen LogP contribution is 2.35. The molecule has 1 aliphatic rings. The summed E-state index contributed by atoms with van der Waals surface area (Å²) in [5, 5.41) is 3.95. The monoisotopic (exact) mass is 415 g/mol. The van der Waals surface area contributed by atoms with Gasteiger partial charge in [-0.15, -0.1) is 0 Å². The Kier molecular flexibility index (Phi) is 7.07. The van der Waals surface area contributed by atoms with Crippen LogP contribution in [0, 0.1) is 11.8 Å². The van der Waals surface area contributed by atoms with E-state index in [4.69, 9.17) is 21.1 Å². The second-order valence-electron chi connectivity index (χ2n) is 8.26. The smallest absolute Gasteiger partial charge is 0.228 e. The number of rotatable bonds is 6. The summed E-state index contributed by atoms with van der Waals surface area (Å²) in [4.78, 5) is 13.3. The van der Waals surface area contributed by atoms with Gasteiger partial charge in [0, 0.05) is 11.4 Å². The second kappa shape index (κ2) is 9.53. The Morgan fingerprint density at radius 1 is 0.897 bits per heavy atom. The van der Waals surface area contributed by atoms with Crippen molar-refractivity contribution in [3.63, 3.8) is 0 Å². The Morgan fingerprint density at radius 3 is 2.14 bits per heavy atom. The number of nitrogens with one attached hydrogen (secondary N) is 1. The molecule has 0 saturated carbocycles. The van der Waals surface area contributed by atoms with E-state index in [1.54, 1.807) is 0 Å². The van der Waals surface area contributed by atoms with E-state index < -0.39 is 0 Å². The molecule has 3 rings (SSSR count). The normalized spacial score (nSPS) is 15.7. The van der Waals surface area contributed by atoms with Crippen molar-refractivity contribution in [2.75, 3.05) is 13.2 Å². The van der Waals surface area contributed by atoms with Crippen molar-refractivity contribution in [1.82, 2.24) is 5.32 Å². The lowest BCUT2D eigenvalue weighted by molar-refractivity contribution is -0.124. The maximum Gasteiger partial charge on any atom is 0.228 e. The van der Waals surface area contributed by atoms with Gasteiger partial charge in [-0.3, -0.25) is 4.79 Å². The van der Waals surface area contributed by atoms with Crippen molar-refractivity contribution in [1.29, 1.82) is 0 Å². The summed E-state index contributed by atoms with van der Waals surface area (Å²) < 4.78 is 11.6. The minimum atomic E-state index is -0.242. The first kappa shape index (κ1) is 21.5. The second-order valence-corrected chi connectivity index (χ2v) is 8.70. The van der Waals surface area contributed by atoms with E-state index in [0.29, 0.717) is 18.2 Å². The maximum atomic E-state index is 13.3. The molecule has 1 aliphatic heterocycles. The zero-order valence-corrected chi connectivity index (χ0v) is 18.3. The van der Waals surface area contributed by atoms with Gasteiger partial charge >= 0.3 is 0 Å². The number of amides is 1. The van der Waals surface area contributed by atoms with Gasteiger partial charge in [0.05, 0.1) is 25.2 Å². The number of fused-ring (bicyclic) bond motifs is 1. The SMILES string of the molecule is CC(C)[C@@H](NC(=O)[C@@H](c1ccc(Cl)cc1)C(C)C)c1ccc2c(c1)OCCCO2. The quantitative estimate of drug-likeness (QED) is 0.652. The van der Waals surface area contributed by atoms with Crippen LogP contribution in [0.1, 0.15) is 57.2 Å². The average molecular weight is 416 g/mol. The Hall–Kier alpha value is -2.20. The van der Waals surface area contributed by atoms with E-state index in [9.17, 15) is 4.79 Å². The van der Waals surface area contributed by atoms with Gasteiger partial charge in [0.25, 0.3) is 0 Å². The van der Waals surface area contributed by atoms with Gasteiger partial charge in [-0.25, -0.2) is 0 Å². The predicted molar refractivity (Wildman–Crippen MR) is 117 cm³/mol. The summed E-state index contributed by atoms with van der Waals surface area (Å²) >= 11 is 6.03. The molecule has 156 valence electrons. The minimum absolute atomic E-state index is 0.0214. The third kappa shape index (κ3) is 5.24. The summed E-state index contributed by atoms with van der Waals surface area (Å²) in [7, 11) is 0. The van der Waals surface area contributed by atoms with Crippen LogP contribution in [-0.4, -0.2) is 19.1 Å². The topological polar surface area (TPSA) is 47.6 Å². The molecule has 5 heteroatoms. The van der Waals surface area contributed by atoms with Crippen molar-refractivity contribution in [2.45, 2.75) is 46.1 Å². The van der Waals surface area contributed by atoms with Gasteiger partial charge in [-0.1, -0.05) is 57.5 Å². The molecule has 2 aromatic rings. The van der Waals surface area contributed by atoms with Gasteiger partial charge in [-0.2, -0.15) is 0 Å². The highest BCUT2D eigenvalue weighted by Gasteiger charge is 2.28. The van der Waals surface area contributed by atoms with Crippen LogP contribution >= 0.6 is 11.6 Å². The number of hydrogen-bond donors (Lipinski definition) is 1. The first-order valence-corrected chi connectivity index (χ1v) is 10.7. The van der Waals surface area contributed by atoms with Crippen LogP contribution in [0.5, 0.6) is 11.5 Å². The standard InChI is InChI=1S/C24H30ClNO3/c1-15(2)22(17-6-9-19(25)10-7-17)24(27)26-23(16(3)4)18-8-11-20-21(14-18)29-13-5-12-28-20/h6-11,14-16,22-23H,5,12-13H2,1-4H3,(H,26,27)/t22-,23-/m1/s1. The Morgan fingerprint density at radius 2 is 1.52 bits per heavy atom. The maximum absolute atomic E-state index is 13.3. The van der Waals surface area contributed by atoms with Gasteiger partial charge in [-0.05, 0) is 47.2 Å². The molecular weight excluding hydrogens is 386 g/mol. The Labute approximate surface area is 178 Å². The van der Waals surface area contributed by atoms with Crippen molar-refractivity contribution >= 4 is 17.5 Å². The van der Waals surface area contributed by atoms with Gasteiger partial charge in [0.1, 0.15) is 0 Å². The van der Waals surface area contributed by atoms with Crippen LogP contribution in [0.2, 0.25) is 5.02 Å². The summed E-state index contributed by atoms with van der Waals surface area (Å²) in [6.07, 6.45) is 0.867. The molecule has 2 aromatic carbocycles. The van der Waals surface area contributed by atoms with Crippen molar-refractivity contribution in [3.05, 3.63) is 58.6 Å². The van der Waals surface area contributed by atoms with E-state index in [1.165, 1.54) is 0 Å². The van der Waals surface area contributed by atoms with Crippen LogP contribution in [0.15, 0.2) is 42.5 Å². The first-order chi connectivity index (χ1) is 13.9. The van der Waals surface area contributed by atoms with Crippen molar-refractivity contribution < 1.29 is 14.3 Å². The van der Waals surface area contributed by atoms with Crippen LogP contribution < -0.4 is 14.8 Å². The molecule has 2 atom stereocenters. The molecule has 4 nitrogen and oxygen atoms in total. The largest absolute Gasteiger partial charge is 0.490 e. The molecule has 29 heavy (non-hydrogen) atoms. The highest BCUT2D eigenvalue weighted by molar-refractivity contribution is 6.30. The first-order valence-electron chi connectivity index (χ1n) is 10.3.